The molecule has 0 amide bonds. The third-order valence-corrected chi connectivity index (χ3v) is 2.82. The van der Waals surface area contributed by atoms with Crippen LogP contribution in [0.4, 0.5) is 5.69 Å². The summed E-state index contributed by atoms with van der Waals surface area (Å²) in [6.45, 7) is 0.755. The summed E-state index contributed by atoms with van der Waals surface area (Å²) in [5, 5.41) is 12.2. The van der Waals surface area contributed by atoms with Gasteiger partial charge in [0, 0.05) is 5.69 Å². The fourth-order valence-corrected chi connectivity index (χ4v) is 1.85. The SMILES string of the molecule is OCc1ccc(NCc2cccc(Br)n2)cc1. The van der Waals surface area contributed by atoms with Crippen molar-refractivity contribution in [1.82, 2.24) is 4.98 Å². The van der Waals surface area contributed by atoms with E-state index in [4.69, 9.17) is 5.11 Å². The van der Waals surface area contributed by atoms with E-state index >= 15 is 0 Å². The highest BCUT2D eigenvalue weighted by atomic mass is 79.9. The van der Waals surface area contributed by atoms with Crippen LogP contribution in [0.2, 0.25) is 0 Å². The summed E-state index contributed by atoms with van der Waals surface area (Å²) in [5.74, 6) is 0. The predicted octanol–water partition coefficient (Wildman–Crippen LogP) is 2.95. The van der Waals surface area contributed by atoms with Crippen molar-refractivity contribution in [3.8, 4) is 0 Å². The van der Waals surface area contributed by atoms with Gasteiger partial charge in [0.25, 0.3) is 0 Å². The standard InChI is InChI=1S/C13H13BrN2O/c14-13-3-1-2-12(16-13)8-15-11-6-4-10(9-17)5-7-11/h1-7,15,17H,8-9H2. The Balaban J connectivity index is 1.97. The first kappa shape index (κ1) is 12.1. The average molecular weight is 293 g/mol. The van der Waals surface area contributed by atoms with Crippen LogP contribution in [0.5, 0.6) is 0 Å². The number of aromatic nitrogens is 1. The van der Waals surface area contributed by atoms with Crippen LogP contribution in [0.15, 0.2) is 47.1 Å². The number of aliphatic hydroxyl groups is 1. The van der Waals surface area contributed by atoms with Crippen molar-refractivity contribution in [3.63, 3.8) is 0 Å². The highest BCUT2D eigenvalue weighted by Crippen LogP contribution is 2.12. The Morgan fingerprint density at radius 3 is 2.53 bits per heavy atom. The number of nitrogens with zero attached hydrogens (tertiary/aromatic N) is 1. The van der Waals surface area contributed by atoms with Crippen molar-refractivity contribution in [2.75, 3.05) is 5.32 Å². The smallest absolute Gasteiger partial charge is 0.106 e. The van der Waals surface area contributed by atoms with Crippen LogP contribution in [0.3, 0.4) is 0 Å². The number of benzene rings is 1. The van der Waals surface area contributed by atoms with Gasteiger partial charge in [-0.3, -0.25) is 0 Å². The monoisotopic (exact) mass is 292 g/mol. The largest absolute Gasteiger partial charge is 0.392 e. The van der Waals surface area contributed by atoms with Gasteiger partial charge in [-0.15, -0.1) is 0 Å². The molecular weight excluding hydrogens is 280 g/mol. The van der Waals surface area contributed by atoms with E-state index < -0.39 is 0 Å². The number of anilines is 1. The number of nitrogens with one attached hydrogen (secondary N) is 1. The van der Waals surface area contributed by atoms with E-state index in [9.17, 15) is 0 Å². The number of hydrogen-bond acceptors (Lipinski definition) is 3. The molecule has 0 aliphatic rings. The van der Waals surface area contributed by atoms with Gasteiger partial charge in [0.2, 0.25) is 0 Å². The van der Waals surface area contributed by atoms with Crippen molar-refractivity contribution in [2.24, 2.45) is 0 Å². The molecule has 3 nitrogen and oxygen atoms in total. The lowest BCUT2D eigenvalue weighted by Crippen LogP contribution is -2.01. The number of hydrogen-bond donors (Lipinski definition) is 2. The van der Waals surface area contributed by atoms with E-state index in [0.29, 0.717) is 6.54 Å². The zero-order valence-corrected chi connectivity index (χ0v) is 10.8. The molecule has 0 aliphatic heterocycles. The fraction of sp³-hybridized carbons (Fsp3) is 0.154. The second kappa shape index (κ2) is 5.80. The molecule has 2 rings (SSSR count). The lowest BCUT2D eigenvalue weighted by atomic mass is 10.2. The van der Waals surface area contributed by atoms with Crippen molar-refractivity contribution < 1.29 is 5.11 Å². The van der Waals surface area contributed by atoms with Crippen LogP contribution in [-0.4, -0.2) is 10.1 Å². The maximum absolute atomic E-state index is 8.93. The van der Waals surface area contributed by atoms with Crippen LogP contribution < -0.4 is 5.32 Å². The van der Waals surface area contributed by atoms with Gasteiger partial charge < -0.3 is 10.4 Å². The summed E-state index contributed by atoms with van der Waals surface area (Å²) in [5.41, 5.74) is 2.91. The van der Waals surface area contributed by atoms with E-state index in [1.807, 2.05) is 42.5 Å². The first-order valence-electron chi connectivity index (χ1n) is 5.33. The Bertz CT molecular complexity index is 485. The Morgan fingerprint density at radius 1 is 1.12 bits per heavy atom. The molecule has 0 unspecified atom stereocenters. The second-order valence-electron chi connectivity index (χ2n) is 3.66. The van der Waals surface area contributed by atoms with Gasteiger partial charge in [0.15, 0.2) is 0 Å². The van der Waals surface area contributed by atoms with Gasteiger partial charge >= 0.3 is 0 Å². The molecule has 1 heterocycles. The second-order valence-corrected chi connectivity index (χ2v) is 4.47. The lowest BCUT2D eigenvalue weighted by molar-refractivity contribution is 0.282. The molecule has 0 radical (unpaired) electrons. The molecule has 88 valence electrons. The third-order valence-electron chi connectivity index (χ3n) is 2.38. The van der Waals surface area contributed by atoms with Crippen molar-refractivity contribution in [3.05, 3.63) is 58.3 Å². The van der Waals surface area contributed by atoms with E-state index in [1.165, 1.54) is 0 Å². The molecule has 1 aromatic carbocycles. The molecule has 0 atom stereocenters. The first-order chi connectivity index (χ1) is 8.28. The van der Waals surface area contributed by atoms with Gasteiger partial charge in [-0.05, 0) is 45.8 Å². The van der Waals surface area contributed by atoms with Crippen LogP contribution in [0.25, 0.3) is 0 Å². The molecular formula is C13H13BrN2O. The van der Waals surface area contributed by atoms with Crippen LogP contribution >= 0.6 is 15.9 Å². The maximum Gasteiger partial charge on any atom is 0.106 e. The quantitative estimate of drug-likeness (QED) is 0.852. The Hall–Kier alpha value is -1.39. The van der Waals surface area contributed by atoms with Crippen LogP contribution in [0, 0.1) is 0 Å². The Morgan fingerprint density at radius 2 is 1.88 bits per heavy atom. The lowest BCUT2D eigenvalue weighted by Gasteiger charge is -2.06. The van der Waals surface area contributed by atoms with Crippen molar-refractivity contribution in [2.45, 2.75) is 13.2 Å². The summed E-state index contributed by atoms with van der Waals surface area (Å²) in [6.07, 6.45) is 0. The van der Waals surface area contributed by atoms with E-state index in [0.717, 1.165) is 21.5 Å². The summed E-state index contributed by atoms with van der Waals surface area (Å²) in [6, 6.07) is 13.5. The Labute approximate surface area is 109 Å². The predicted molar refractivity (Wildman–Crippen MR) is 71.6 cm³/mol. The minimum Gasteiger partial charge on any atom is -0.392 e. The summed E-state index contributed by atoms with van der Waals surface area (Å²) < 4.78 is 0.840. The number of pyridine rings is 1. The molecule has 4 heteroatoms. The Kier molecular flexibility index (Phi) is 4.12. The topological polar surface area (TPSA) is 45.1 Å². The van der Waals surface area contributed by atoms with Gasteiger partial charge in [-0.1, -0.05) is 18.2 Å². The minimum atomic E-state index is 0.0769. The van der Waals surface area contributed by atoms with E-state index in [2.05, 4.69) is 26.2 Å². The average Bonchev–Trinajstić information content (AvgIpc) is 2.37. The third kappa shape index (κ3) is 3.54. The summed E-state index contributed by atoms with van der Waals surface area (Å²) in [7, 11) is 0. The molecule has 0 spiro atoms. The highest BCUT2D eigenvalue weighted by Gasteiger charge is 1.97. The number of halogens is 1. The number of aliphatic hydroxyl groups excluding tert-OH is 1. The summed E-state index contributed by atoms with van der Waals surface area (Å²) >= 11 is 3.34. The molecule has 2 aromatic rings. The van der Waals surface area contributed by atoms with Gasteiger partial charge in [0.1, 0.15) is 4.60 Å². The zero-order valence-electron chi connectivity index (χ0n) is 9.23. The first-order valence-corrected chi connectivity index (χ1v) is 6.12. The molecule has 0 saturated carbocycles. The normalized spacial score (nSPS) is 10.2. The molecule has 0 bridgehead atoms. The van der Waals surface area contributed by atoms with Gasteiger partial charge in [-0.2, -0.15) is 0 Å². The van der Waals surface area contributed by atoms with Gasteiger partial charge in [0.05, 0.1) is 18.8 Å². The van der Waals surface area contributed by atoms with Crippen LogP contribution in [-0.2, 0) is 13.2 Å². The molecule has 1 aromatic heterocycles. The van der Waals surface area contributed by atoms with Crippen molar-refractivity contribution >= 4 is 21.6 Å². The van der Waals surface area contributed by atoms with E-state index in [-0.39, 0.29) is 6.61 Å². The fourth-order valence-electron chi connectivity index (χ4n) is 1.47. The molecule has 0 saturated heterocycles. The van der Waals surface area contributed by atoms with Gasteiger partial charge in [-0.25, -0.2) is 4.98 Å². The number of rotatable bonds is 4. The highest BCUT2D eigenvalue weighted by molar-refractivity contribution is 9.10. The van der Waals surface area contributed by atoms with Crippen molar-refractivity contribution in [1.29, 1.82) is 0 Å². The summed E-state index contributed by atoms with van der Waals surface area (Å²) in [4.78, 5) is 4.34. The maximum atomic E-state index is 8.93. The van der Waals surface area contributed by atoms with Crippen LogP contribution in [0.1, 0.15) is 11.3 Å². The molecule has 0 aliphatic carbocycles. The minimum absolute atomic E-state index is 0.0769. The van der Waals surface area contributed by atoms with E-state index in [1.54, 1.807) is 0 Å². The molecule has 0 fully saturated rings. The zero-order chi connectivity index (χ0) is 12.1. The molecule has 17 heavy (non-hydrogen) atoms. The molecule has 2 N–H and O–H groups in total.